The summed E-state index contributed by atoms with van der Waals surface area (Å²) in [5.74, 6) is 0. The summed E-state index contributed by atoms with van der Waals surface area (Å²) in [6.07, 6.45) is -2.65. The van der Waals surface area contributed by atoms with Gasteiger partial charge >= 0.3 is 12.3 Å². The Morgan fingerprint density at radius 3 is 2.43 bits per heavy atom. The van der Waals surface area contributed by atoms with E-state index in [0.29, 0.717) is 45.3 Å². The summed E-state index contributed by atoms with van der Waals surface area (Å²) >= 11 is 0. The highest BCUT2D eigenvalue weighted by Crippen LogP contribution is 2.45. The average Bonchev–Trinajstić information content (AvgIpc) is 2.94. The van der Waals surface area contributed by atoms with Crippen molar-refractivity contribution in [2.75, 3.05) is 26.2 Å². The maximum atomic E-state index is 13.5. The number of benzene rings is 1. The average molecular weight is 395 g/mol. The number of rotatable bonds is 2. The molecule has 28 heavy (non-hydrogen) atoms. The number of nitrogens with zero attached hydrogens (tertiary/aromatic N) is 3. The highest BCUT2D eigenvalue weighted by Gasteiger charge is 2.44. The fraction of sp³-hybridized carbons (Fsp3) is 0.600. The molecule has 3 rings (SSSR count). The molecule has 2 aliphatic rings. The summed E-state index contributed by atoms with van der Waals surface area (Å²) in [6.45, 7) is 2.33. The lowest BCUT2D eigenvalue weighted by molar-refractivity contribution is -0.138. The zero-order chi connectivity index (χ0) is 20.4. The van der Waals surface area contributed by atoms with Gasteiger partial charge in [-0.15, -0.1) is 0 Å². The molecule has 0 unspecified atom stereocenters. The Bertz CT molecular complexity index is 752. The van der Waals surface area contributed by atoms with Crippen LogP contribution >= 0.6 is 0 Å². The fourth-order valence-electron chi connectivity index (χ4n) is 4.54. The Morgan fingerprint density at radius 2 is 1.82 bits per heavy atom. The van der Waals surface area contributed by atoms with E-state index in [2.05, 4.69) is 11.0 Å². The monoisotopic (exact) mass is 395 g/mol. The molecular weight excluding hydrogens is 371 g/mol. The largest absolute Gasteiger partial charge is 0.465 e. The van der Waals surface area contributed by atoms with Crippen LogP contribution in [0, 0.1) is 11.3 Å². The van der Waals surface area contributed by atoms with Crippen molar-refractivity contribution in [3.8, 4) is 6.07 Å². The fourth-order valence-corrected chi connectivity index (χ4v) is 4.54. The van der Waals surface area contributed by atoms with E-state index in [1.54, 1.807) is 6.07 Å². The third-order valence-electron chi connectivity index (χ3n) is 6.09. The van der Waals surface area contributed by atoms with Crippen molar-refractivity contribution < 1.29 is 23.1 Å². The van der Waals surface area contributed by atoms with E-state index in [1.165, 1.54) is 17.0 Å². The van der Waals surface area contributed by atoms with Crippen molar-refractivity contribution in [2.45, 2.75) is 49.7 Å². The predicted molar refractivity (Wildman–Crippen MR) is 96.8 cm³/mol. The van der Waals surface area contributed by atoms with Gasteiger partial charge in [0.05, 0.1) is 17.0 Å². The van der Waals surface area contributed by atoms with Crippen molar-refractivity contribution in [3.63, 3.8) is 0 Å². The Labute approximate surface area is 162 Å². The number of hydrogen-bond donors (Lipinski definition) is 1. The number of carboxylic acid groups (broad SMARTS) is 1. The normalized spacial score (nSPS) is 27.1. The maximum absolute atomic E-state index is 13.5. The molecule has 0 bridgehead atoms. The number of amides is 1. The lowest BCUT2D eigenvalue weighted by Crippen LogP contribution is -2.44. The lowest BCUT2D eigenvalue weighted by Gasteiger charge is -2.41. The van der Waals surface area contributed by atoms with Crippen molar-refractivity contribution in [3.05, 3.63) is 35.4 Å². The zero-order valence-electron chi connectivity index (χ0n) is 15.6. The molecule has 1 aromatic carbocycles. The minimum absolute atomic E-state index is 0.0800. The first-order valence-electron chi connectivity index (χ1n) is 9.57. The van der Waals surface area contributed by atoms with E-state index >= 15 is 0 Å². The second-order valence-electron chi connectivity index (χ2n) is 7.63. The molecule has 0 atom stereocenters. The molecule has 1 N–H and O–H groups in total. The molecule has 0 aromatic heterocycles. The van der Waals surface area contributed by atoms with Gasteiger partial charge in [-0.2, -0.15) is 18.4 Å². The third-order valence-corrected chi connectivity index (χ3v) is 6.09. The van der Waals surface area contributed by atoms with Crippen LogP contribution in [0.5, 0.6) is 0 Å². The zero-order valence-corrected chi connectivity index (χ0v) is 15.6. The number of alkyl halides is 3. The van der Waals surface area contributed by atoms with Gasteiger partial charge in [0, 0.05) is 32.2 Å². The van der Waals surface area contributed by atoms with Gasteiger partial charge in [0.25, 0.3) is 0 Å². The molecule has 1 amide bonds. The van der Waals surface area contributed by atoms with Crippen LogP contribution in [0.3, 0.4) is 0 Å². The lowest BCUT2D eigenvalue weighted by atomic mass is 9.67. The van der Waals surface area contributed by atoms with Gasteiger partial charge < -0.3 is 10.0 Å². The summed E-state index contributed by atoms with van der Waals surface area (Å²) < 4.78 is 40.4. The van der Waals surface area contributed by atoms with E-state index in [1.807, 2.05) is 0 Å². The first-order chi connectivity index (χ1) is 13.3. The molecule has 5 nitrogen and oxygen atoms in total. The van der Waals surface area contributed by atoms with E-state index in [-0.39, 0.29) is 11.6 Å². The number of hydrogen-bond acceptors (Lipinski definition) is 3. The van der Waals surface area contributed by atoms with Crippen LogP contribution in [-0.2, 0) is 11.6 Å². The summed E-state index contributed by atoms with van der Waals surface area (Å²) in [5.41, 5.74) is -1.76. The van der Waals surface area contributed by atoms with Crippen LogP contribution in [0.15, 0.2) is 24.3 Å². The highest BCUT2D eigenvalue weighted by atomic mass is 19.4. The molecule has 1 aromatic rings. The number of carbonyl (C=O) groups is 1. The first kappa shape index (κ1) is 20.5. The summed E-state index contributed by atoms with van der Waals surface area (Å²) in [6, 6.07) is 7.78. The van der Waals surface area contributed by atoms with E-state index < -0.39 is 23.2 Å². The second kappa shape index (κ2) is 8.00. The standard InChI is InChI=1S/C20H24F3N3O2/c21-20(22,23)17-5-2-1-4-16(17)19(14-24)8-6-15(7-9-19)25-10-3-11-26(13-12-25)18(27)28/h1-2,4-5,15H,3,6-13H2,(H,27,28). The van der Waals surface area contributed by atoms with Gasteiger partial charge in [-0.1, -0.05) is 18.2 Å². The van der Waals surface area contributed by atoms with Crippen LogP contribution in [0.25, 0.3) is 0 Å². The summed E-state index contributed by atoms with van der Waals surface area (Å²) in [4.78, 5) is 14.8. The van der Waals surface area contributed by atoms with E-state index in [0.717, 1.165) is 19.0 Å². The SMILES string of the molecule is N#CC1(c2ccccc2C(F)(F)F)CCC(N2CCCN(C(=O)O)CC2)CC1. The molecule has 1 aliphatic carbocycles. The molecule has 152 valence electrons. The van der Waals surface area contributed by atoms with E-state index in [4.69, 9.17) is 5.11 Å². The molecule has 1 aliphatic heterocycles. The third kappa shape index (κ3) is 4.09. The first-order valence-corrected chi connectivity index (χ1v) is 9.57. The van der Waals surface area contributed by atoms with Gasteiger partial charge in [0.2, 0.25) is 0 Å². The molecule has 8 heteroatoms. The number of nitriles is 1. The van der Waals surface area contributed by atoms with Crippen molar-refractivity contribution >= 4 is 6.09 Å². The Balaban J connectivity index is 1.73. The molecule has 0 radical (unpaired) electrons. The molecule has 1 saturated heterocycles. The molecule has 2 fully saturated rings. The molecule has 1 heterocycles. The summed E-state index contributed by atoms with van der Waals surface area (Å²) in [5, 5.41) is 19.0. The van der Waals surface area contributed by atoms with Crippen LogP contribution in [0.2, 0.25) is 0 Å². The maximum Gasteiger partial charge on any atom is 0.416 e. The molecule has 1 saturated carbocycles. The Kier molecular flexibility index (Phi) is 5.84. The van der Waals surface area contributed by atoms with Crippen LogP contribution in [0.1, 0.15) is 43.2 Å². The minimum Gasteiger partial charge on any atom is -0.465 e. The van der Waals surface area contributed by atoms with Crippen molar-refractivity contribution in [1.29, 1.82) is 5.26 Å². The van der Waals surface area contributed by atoms with Gasteiger partial charge in [-0.05, 0) is 43.7 Å². The Morgan fingerprint density at radius 1 is 1.14 bits per heavy atom. The smallest absolute Gasteiger partial charge is 0.416 e. The topological polar surface area (TPSA) is 67.6 Å². The van der Waals surface area contributed by atoms with Crippen molar-refractivity contribution in [2.24, 2.45) is 0 Å². The second-order valence-corrected chi connectivity index (χ2v) is 7.63. The van der Waals surface area contributed by atoms with Crippen LogP contribution in [0.4, 0.5) is 18.0 Å². The molecule has 0 spiro atoms. The number of halogens is 3. The van der Waals surface area contributed by atoms with Gasteiger partial charge in [0.15, 0.2) is 0 Å². The highest BCUT2D eigenvalue weighted by molar-refractivity contribution is 5.64. The Hall–Kier alpha value is -2.27. The van der Waals surface area contributed by atoms with Crippen LogP contribution in [-0.4, -0.2) is 53.2 Å². The van der Waals surface area contributed by atoms with E-state index in [9.17, 15) is 23.2 Å². The van der Waals surface area contributed by atoms with Crippen molar-refractivity contribution in [1.82, 2.24) is 9.80 Å². The predicted octanol–water partition coefficient (Wildman–Crippen LogP) is 4.10. The quantitative estimate of drug-likeness (QED) is 0.819. The van der Waals surface area contributed by atoms with Gasteiger partial charge in [-0.3, -0.25) is 4.90 Å². The van der Waals surface area contributed by atoms with Gasteiger partial charge in [-0.25, -0.2) is 4.79 Å². The van der Waals surface area contributed by atoms with Crippen LogP contribution < -0.4 is 0 Å². The minimum atomic E-state index is -4.48. The summed E-state index contributed by atoms with van der Waals surface area (Å²) in [7, 11) is 0. The van der Waals surface area contributed by atoms with Gasteiger partial charge in [0.1, 0.15) is 0 Å². The molecular formula is C20H24F3N3O2.